The van der Waals surface area contributed by atoms with E-state index in [4.69, 9.17) is 16.3 Å². The van der Waals surface area contributed by atoms with E-state index < -0.39 is 0 Å². The fraction of sp³-hybridized carbons (Fsp3) is 0.213. The van der Waals surface area contributed by atoms with Crippen molar-refractivity contribution in [2.24, 2.45) is 0 Å². The van der Waals surface area contributed by atoms with Gasteiger partial charge in [0.25, 0.3) is 0 Å². The van der Waals surface area contributed by atoms with Crippen LogP contribution in [0.1, 0.15) is 86.6 Å². The smallest absolute Gasteiger partial charge is 0.128 e. The molecule has 0 saturated heterocycles. The predicted molar refractivity (Wildman–Crippen MR) is 281 cm³/mol. The van der Waals surface area contributed by atoms with Crippen LogP contribution in [-0.4, -0.2) is 0 Å². The summed E-state index contributed by atoms with van der Waals surface area (Å²) in [5, 5.41) is 0.653. The maximum Gasteiger partial charge on any atom is 0.128 e. The SMILES string of the molecule is Cc1cc(N(c2ccc(C(C)(C)C)cc2)c2ccc(C(C)(C)C)cc2)c(Cl)c(N(c2cccc(N(c3ccccc3)c3ccc(C4Cc5ccccc5O4)cc3)c2)c2c(C)cccc2C)c1. The Morgan fingerprint density at radius 1 is 0.455 bits per heavy atom. The van der Waals surface area contributed by atoms with Crippen molar-refractivity contribution < 1.29 is 4.74 Å². The molecule has 1 aliphatic heterocycles. The fourth-order valence-electron chi connectivity index (χ4n) is 9.25. The topological polar surface area (TPSA) is 19.0 Å². The van der Waals surface area contributed by atoms with Crippen LogP contribution in [0, 0.1) is 20.8 Å². The second-order valence-corrected chi connectivity index (χ2v) is 20.2. The lowest BCUT2D eigenvalue weighted by atomic mass is 9.86. The largest absolute Gasteiger partial charge is 0.485 e. The Labute approximate surface area is 397 Å². The Kier molecular flexibility index (Phi) is 12.1. The van der Waals surface area contributed by atoms with Gasteiger partial charge in [-0.2, -0.15) is 0 Å². The van der Waals surface area contributed by atoms with Crippen LogP contribution in [0.5, 0.6) is 5.75 Å². The van der Waals surface area contributed by atoms with Gasteiger partial charge < -0.3 is 19.4 Å². The summed E-state index contributed by atoms with van der Waals surface area (Å²) in [6, 6.07) is 65.5. The molecule has 66 heavy (non-hydrogen) atoms. The van der Waals surface area contributed by atoms with Crippen molar-refractivity contribution in [2.75, 3.05) is 14.7 Å². The summed E-state index contributed by atoms with van der Waals surface area (Å²) < 4.78 is 6.40. The minimum absolute atomic E-state index is 0.0125. The standard InChI is InChI=1S/C61H60ClN3O/c1-41-37-54(64(50-33-27-46(28-34-50)60(4,5)6)51-35-29-47(30-36-51)61(7,8)9)58(62)55(38-41)65(59-42(2)17-15-18-43(59)3)53-23-16-22-52(40-53)63(48-20-11-10-12-21-48)49-31-25-44(26-32-49)57-39-45-19-13-14-24-56(45)66-57/h10-38,40,57H,39H2,1-9H3. The van der Waals surface area contributed by atoms with Gasteiger partial charge in [0.1, 0.15) is 11.9 Å². The molecule has 0 spiro atoms. The molecule has 1 unspecified atom stereocenters. The summed E-state index contributed by atoms with van der Waals surface area (Å²) in [6.45, 7) is 20.1. The van der Waals surface area contributed by atoms with Gasteiger partial charge in [0.05, 0.1) is 22.1 Å². The number of para-hydroxylation sites is 3. The number of halogens is 1. The highest BCUT2D eigenvalue weighted by Gasteiger charge is 2.28. The summed E-state index contributed by atoms with van der Waals surface area (Å²) in [4.78, 5) is 7.00. The first-order chi connectivity index (χ1) is 31.6. The van der Waals surface area contributed by atoms with E-state index >= 15 is 0 Å². The van der Waals surface area contributed by atoms with Crippen molar-refractivity contribution in [1.29, 1.82) is 0 Å². The zero-order chi connectivity index (χ0) is 46.3. The van der Waals surface area contributed by atoms with E-state index in [0.717, 1.165) is 85.6 Å². The minimum Gasteiger partial charge on any atom is -0.485 e. The molecule has 5 heteroatoms. The highest BCUT2D eigenvalue weighted by Crippen LogP contribution is 2.50. The number of hydrogen-bond acceptors (Lipinski definition) is 4. The first-order valence-electron chi connectivity index (χ1n) is 23.1. The summed E-state index contributed by atoms with van der Waals surface area (Å²) in [7, 11) is 0. The van der Waals surface area contributed by atoms with E-state index in [2.05, 4.69) is 253 Å². The molecular weight excluding hydrogens is 826 g/mol. The third-order valence-corrected chi connectivity index (χ3v) is 13.2. The summed E-state index contributed by atoms with van der Waals surface area (Å²) in [5.41, 5.74) is 17.5. The van der Waals surface area contributed by atoms with Crippen LogP contribution in [-0.2, 0) is 17.3 Å². The average Bonchev–Trinajstić information content (AvgIpc) is 3.74. The molecule has 9 rings (SSSR count). The molecule has 1 aliphatic rings. The van der Waals surface area contributed by atoms with E-state index in [1.54, 1.807) is 0 Å². The number of benzene rings is 8. The molecule has 332 valence electrons. The minimum atomic E-state index is -0.0125. The number of hydrogen-bond donors (Lipinski definition) is 0. The van der Waals surface area contributed by atoms with Gasteiger partial charge in [-0.05, 0) is 155 Å². The van der Waals surface area contributed by atoms with Gasteiger partial charge in [-0.15, -0.1) is 0 Å². The molecule has 0 amide bonds. The van der Waals surface area contributed by atoms with Crippen LogP contribution in [0.3, 0.4) is 0 Å². The van der Waals surface area contributed by atoms with Crippen LogP contribution in [0.25, 0.3) is 0 Å². The molecule has 0 fully saturated rings. The highest BCUT2D eigenvalue weighted by molar-refractivity contribution is 6.36. The zero-order valence-electron chi connectivity index (χ0n) is 39.7. The van der Waals surface area contributed by atoms with E-state index in [1.165, 1.54) is 16.7 Å². The molecule has 0 saturated carbocycles. The molecule has 0 N–H and O–H groups in total. The Hall–Kier alpha value is -6.75. The van der Waals surface area contributed by atoms with E-state index in [-0.39, 0.29) is 16.9 Å². The lowest BCUT2D eigenvalue weighted by Gasteiger charge is -2.34. The molecule has 0 aromatic heterocycles. The summed E-state index contributed by atoms with van der Waals surface area (Å²) in [5.74, 6) is 0.973. The van der Waals surface area contributed by atoms with Gasteiger partial charge in [-0.25, -0.2) is 0 Å². The van der Waals surface area contributed by atoms with Crippen LogP contribution in [0.4, 0.5) is 51.2 Å². The molecule has 1 atom stereocenters. The van der Waals surface area contributed by atoms with Crippen molar-refractivity contribution in [3.8, 4) is 5.75 Å². The Balaban J connectivity index is 1.19. The molecule has 0 aliphatic carbocycles. The van der Waals surface area contributed by atoms with Gasteiger partial charge in [0.15, 0.2) is 0 Å². The molecule has 0 radical (unpaired) electrons. The Morgan fingerprint density at radius 3 is 1.47 bits per heavy atom. The molecule has 8 aromatic carbocycles. The number of aryl methyl sites for hydroxylation is 3. The van der Waals surface area contributed by atoms with Gasteiger partial charge >= 0.3 is 0 Å². The van der Waals surface area contributed by atoms with Crippen LogP contribution in [0.2, 0.25) is 5.02 Å². The fourth-order valence-corrected chi connectivity index (χ4v) is 9.53. The Bertz CT molecular complexity index is 2880. The number of anilines is 9. The summed E-state index contributed by atoms with van der Waals surface area (Å²) in [6.07, 6.45) is 0.851. The zero-order valence-corrected chi connectivity index (χ0v) is 40.5. The van der Waals surface area contributed by atoms with Gasteiger partial charge in [-0.3, -0.25) is 0 Å². The quantitative estimate of drug-likeness (QED) is 0.136. The first-order valence-corrected chi connectivity index (χ1v) is 23.5. The average molecular weight is 887 g/mol. The maximum absolute atomic E-state index is 7.97. The highest BCUT2D eigenvalue weighted by atomic mass is 35.5. The van der Waals surface area contributed by atoms with E-state index in [9.17, 15) is 0 Å². The van der Waals surface area contributed by atoms with Crippen LogP contribution < -0.4 is 19.4 Å². The van der Waals surface area contributed by atoms with Crippen molar-refractivity contribution in [3.63, 3.8) is 0 Å². The van der Waals surface area contributed by atoms with Gasteiger partial charge in [-0.1, -0.05) is 150 Å². The van der Waals surface area contributed by atoms with Crippen molar-refractivity contribution in [3.05, 3.63) is 226 Å². The predicted octanol–water partition coefficient (Wildman–Crippen LogP) is 17.9. The monoisotopic (exact) mass is 885 g/mol. The molecule has 1 heterocycles. The maximum atomic E-state index is 7.97. The summed E-state index contributed by atoms with van der Waals surface area (Å²) >= 11 is 7.97. The molecule has 0 bridgehead atoms. The van der Waals surface area contributed by atoms with Crippen LogP contribution >= 0.6 is 11.6 Å². The lowest BCUT2D eigenvalue weighted by Crippen LogP contribution is -2.18. The molecular formula is C61H60ClN3O. The van der Waals surface area contributed by atoms with Gasteiger partial charge in [0.2, 0.25) is 0 Å². The van der Waals surface area contributed by atoms with Crippen molar-refractivity contribution in [2.45, 2.75) is 85.7 Å². The lowest BCUT2D eigenvalue weighted by molar-refractivity contribution is 0.239. The normalized spacial score (nSPS) is 13.5. The van der Waals surface area contributed by atoms with Crippen LogP contribution in [0.15, 0.2) is 182 Å². The second-order valence-electron chi connectivity index (χ2n) is 19.8. The van der Waals surface area contributed by atoms with Crippen molar-refractivity contribution in [1.82, 2.24) is 0 Å². The van der Waals surface area contributed by atoms with E-state index in [1.807, 2.05) is 6.07 Å². The number of ether oxygens (including phenoxy) is 1. The number of fused-ring (bicyclic) bond motifs is 1. The Morgan fingerprint density at radius 2 is 0.909 bits per heavy atom. The van der Waals surface area contributed by atoms with E-state index in [0.29, 0.717) is 5.02 Å². The van der Waals surface area contributed by atoms with Gasteiger partial charge in [0, 0.05) is 40.5 Å². The number of nitrogens with zero attached hydrogens (tertiary/aromatic N) is 3. The third kappa shape index (κ3) is 8.95. The molecule has 8 aromatic rings. The molecule has 4 nitrogen and oxygen atoms in total. The first kappa shape index (κ1) is 44.5. The third-order valence-electron chi connectivity index (χ3n) is 12.8. The second kappa shape index (κ2) is 17.9. The number of rotatable bonds is 10. The van der Waals surface area contributed by atoms with Crippen molar-refractivity contribution >= 4 is 62.8 Å².